The first-order valence-electron chi connectivity index (χ1n) is 13.3. The molecular formula is C31H31N5O3S. The molecule has 204 valence electrons. The van der Waals surface area contributed by atoms with Crippen molar-refractivity contribution in [3.05, 3.63) is 101 Å². The molecule has 0 bridgehead atoms. The fourth-order valence-electron chi connectivity index (χ4n) is 5.58. The smallest absolute Gasteiger partial charge is 0.231 e. The van der Waals surface area contributed by atoms with Crippen LogP contribution in [0.3, 0.4) is 0 Å². The molecule has 8 nitrogen and oxygen atoms in total. The maximum absolute atomic E-state index is 12.9. The highest BCUT2D eigenvalue weighted by atomic mass is 32.1. The lowest BCUT2D eigenvalue weighted by atomic mass is 9.96. The maximum atomic E-state index is 12.9. The third kappa shape index (κ3) is 4.88. The minimum absolute atomic E-state index is 0.0579. The Labute approximate surface area is 238 Å². The number of rotatable bonds is 7. The van der Waals surface area contributed by atoms with Crippen molar-refractivity contribution in [1.82, 2.24) is 19.8 Å². The van der Waals surface area contributed by atoms with Crippen LogP contribution in [-0.2, 0) is 4.79 Å². The Hall–Kier alpha value is -4.37. The number of anilines is 1. The summed E-state index contributed by atoms with van der Waals surface area (Å²) in [6.45, 7) is 6.93. The molecule has 6 rings (SSSR count). The maximum Gasteiger partial charge on any atom is 0.231 e. The summed E-state index contributed by atoms with van der Waals surface area (Å²) < 4.78 is 13.4. The standard InChI is InChI=1S/C31H31N5O3S/c1-19-7-9-22(10-8-19)33-28(37)13-15-35-30(29(34-31(35)40)25-6-4-5-14-32-25)24-16-20(2)36(21(24)3)23-11-12-26-27(17-23)39-18-38-26/h4-12,14,16-17,29-30H,13,15,18H2,1-3H3,(H,33,37)(H,34,40)/t29-,30-/m0/s1. The highest BCUT2D eigenvalue weighted by molar-refractivity contribution is 7.80. The molecule has 4 heterocycles. The van der Waals surface area contributed by atoms with Gasteiger partial charge in [0.2, 0.25) is 12.7 Å². The number of amides is 1. The number of carbonyl (C=O) groups excluding carboxylic acids is 1. The molecule has 0 radical (unpaired) electrons. The normalized spacial score (nSPS) is 17.7. The van der Waals surface area contributed by atoms with E-state index in [9.17, 15) is 4.79 Å². The molecule has 1 amide bonds. The van der Waals surface area contributed by atoms with Gasteiger partial charge in [-0.25, -0.2) is 0 Å². The molecule has 0 spiro atoms. The first-order chi connectivity index (χ1) is 19.4. The van der Waals surface area contributed by atoms with Gasteiger partial charge >= 0.3 is 0 Å². The Kier molecular flexibility index (Phi) is 6.89. The van der Waals surface area contributed by atoms with Gasteiger partial charge in [0.05, 0.1) is 17.8 Å². The number of ether oxygens (including phenoxy) is 2. The highest BCUT2D eigenvalue weighted by Gasteiger charge is 2.41. The van der Waals surface area contributed by atoms with Crippen LogP contribution < -0.4 is 20.1 Å². The van der Waals surface area contributed by atoms with Gasteiger partial charge < -0.3 is 29.6 Å². The van der Waals surface area contributed by atoms with Crippen LogP contribution in [0, 0.1) is 20.8 Å². The van der Waals surface area contributed by atoms with Crippen LogP contribution in [0.2, 0.25) is 0 Å². The van der Waals surface area contributed by atoms with Crippen molar-refractivity contribution in [2.75, 3.05) is 18.7 Å². The van der Waals surface area contributed by atoms with E-state index in [4.69, 9.17) is 21.7 Å². The topological polar surface area (TPSA) is 80.7 Å². The third-order valence-electron chi connectivity index (χ3n) is 7.52. The van der Waals surface area contributed by atoms with Crippen LogP contribution in [0.1, 0.15) is 46.7 Å². The summed E-state index contributed by atoms with van der Waals surface area (Å²) in [5.41, 5.74) is 7.12. The molecule has 1 saturated heterocycles. The molecule has 2 N–H and O–H groups in total. The van der Waals surface area contributed by atoms with Crippen LogP contribution in [0.15, 0.2) is 72.9 Å². The van der Waals surface area contributed by atoms with Gasteiger partial charge in [0.1, 0.15) is 0 Å². The van der Waals surface area contributed by atoms with Gasteiger partial charge in [-0.15, -0.1) is 0 Å². The average Bonchev–Trinajstić information content (AvgIpc) is 3.63. The van der Waals surface area contributed by atoms with Gasteiger partial charge in [-0.05, 0) is 81.0 Å². The van der Waals surface area contributed by atoms with Gasteiger partial charge in [0.25, 0.3) is 0 Å². The monoisotopic (exact) mass is 553 g/mol. The largest absolute Gasteiger partial charge is 0.454 e. The van der Waals surface area contributed by atoms with E-state index in [1.165, 1.54) is 0 Å². The zero-order chi connectivity index (χ0) is 27.8. The number of benzene rings is 2. The fraction of sp³-hybridized carbons (Fsp3) is 0.258. The molecule has 9 heteroatoms. The SMILES string of the molecule is Cc1ccc(NC(=O)CCN2C(=S)N[C@@H](c3ccccn3)[C@@H]2c2cc(C)n(-c3ccc4c(c3)OCO4)c2C)cc1. The molecule has 1 fully saturated rings. The average molecular weight is 554 g/mol. The predicted octanol–water partition coefficient (Wildman–Crippen LogP) is 5.53. The minimum Gasteiger partial charge on any atom is -0.454 e. The molecule has 0 aliphatic carbocycles. The molecular weight excluding hydrogens is 522 g/mol. The lowest BCUT2D eigenvalue weighted by Crippen LogP contribution is -2.32. The summed E-state index contributed by atoms with van der Waals surface area (Å²) in [6.07, 6.45) is 2.09. The first kappa shape index (κ1) is 25.9. The van der Waals surface area contributed by atoms with E-state index in [0.717, 1.165) is 51.1 Å². The van der Waals surface area contributed by atoms with Gasteiger partial charge in [-0.2, -0.15) is 0 Å². The number of aromatic nitrogens is 2. The number of nitrogens with one attached hydrogen (secondary N) is 2. The Bertz CT molecular complexity index is 1570. The molecule has 4 aromatic rings. The zero-order valence-electron chi connectivity index (χ0n) is 22.7. The molecule has 2 aromatic heterocycles. The number of carbonyl (C=O) groups is 1. The Morgan fingerprint density at radius 2 is 1.85 bits per heavy atom. The fourth-order valence-corrected chi connectivity index (χ4v) is 5.91. The number of nitrogens with zero attached hydrogens (tertiary/aromatic N) is 3. The van der Waals surface area contributed by atoms with Crippen LogP contribution in [0.4, 0.5) is 5.69 Å². The van der Waals surface area contributed by atoms with Gasteiger partial charge in [-0.1, -0.05) is 23.8 Å². The first-order valence-corrected chi connectivity index (χ1v) is 13.7. The van der Waals surface area contributed by atoms with E-state index in [2.05, 4.69) is 45.0 Å². The van der Waals surface area contributed by atoms with Crippen molar-refractivity contribution < 1.29 is 14.3 Å². The minimum atomic E-state index is -0.167. The Morgan fingerprint density at radius 1 is 1.05 bits per heavy atom. The number of pyridine rings is 1. The van der Waals surface area contributed by atoms with Crippen molar-refractivity contribution in [1.29, 1.82) is 0 Å². The lowest BCUT2D eigenvalue weighted by Gasteiger charge is -2.28. The summed E-state index contributed by atoms with van der Waals surface area (Å²) in [5.74, 6) is 1.43. The van der Waals surface area contributed by atoms with E-state index in [0.29, 0.717) is 18.1 Å². The number of hydrogen-bond donors (Lipinski definition) is 2. The second kappa shape index (κ2) is 10.7. The van der Waals surface area contributed by atoms with Crippen molar-refractivity contribution in [3.63, 3.8) is 0 Å². The molecule has 2 atom stereocenters. The van der Waals surface area contributed by atoms with Crippen molar-refractivity contribution in [2.45, 2.75) is 39.3 Å². The van der Waals surface area contributed by atoms with E-state index in [-0.39, 0.29) is 24.8 Å². The van der Waals surface area contributed by atoms with Crippen molar-refractivity contribution >= 4 is 28.9 Å². The van der Waals surface area contributed by atoms with Crippen molar-refractivity contribution in [3.8, 4) is 17.2 Å². The van der Waals surface area contributed by atoms with Gasteiger partial charge in [-0.3, -0.25) is 9.78 Å². The van der Waals surface area contributed by atoms with E-state index < -0.39 is 0 Å². The van der Waals surface area contributed by atoms with Gasteiger partial charge in [0, 0.05) is 48.0 Å². The van der Waals surface area contributed by atoms with Crippen LogP contribution in [-0.4, -0.2) is 38.8 Å². The molecule has 2 aromatic carbocycles. The lowest BCUT2D eigenvalue weighted by molar-refractivity contribution is -0.116. The summed E-state index contributed by atoms with van der Waals surface area (Å²) in [7, 11) is 0. The quantitative estimate of drug-likeness (QED) is 0.292. The number of fused-ring (bicyclic) bond motifs is 1. The van der Waals surface area contributed by atoms with E-state index in [1.54, 1.807) is 6.20 Å². The number of thiocarbonyl (C=S) groups is 1. The van der Waals surface area contributed by atoms with Crippen molar-refractivity contribution in [2.24, 2.45) is 0 Å². The number of aryl methyl sites for hydroxylation is 2. The Morgan fingerprint density at radius 3 is 2.62 bits per heavy atom. The molecule has 0 saturated carbocycles. The second-order valence-electron chi connectivity index (χ2n) is 10.2. The molecule has 2 aliphatic heterocycles. The number of hydrogen-bond acceptors (Lipinski definition) is 5. The Balaban J connectivity index is 1.32. The summed E-state index contributed by atoms with van der Waals surface area (Å²) in [5, 5.41) is 7.11. The predicted molar refractivity (Wildman–Crippen MR) is 158 cm³/mol. The van der Waals surface area contributed by atoms with E-state index in [1.807, 2.05) is 67.6 Å². The zero-order valence-corrected chi connectivity index (χ0v) is 23.5. The summed E-state index contributed by atoms with van der Waals surface area (Å²) in [4.78, 5) is 19.7. The van der Waals surface area contributed by atoms with E-state index >= 15 is 0 Å². The summed E-state index contributed by atoms with van der Waals surface area (Å²) in [6, 6.07) is 21.6. The second-order valence-corrected chi connectivity index (χ2v) is 10.6. The molecule has 40 heavy (non-hydrogen) atoms. The third-order valence-corrected chi connectivity index (χ3v) is 7.87. The summed E-state index contributed by atoms with van der Waals surface area (Å²) >= 11 is 5.84. The van der Waals surface area contributed by atoms with Crippen LogP contribution in [0.25, 0.3) is 5.69 Å². The van der Waals surface area contributed by atoms with Gasteiger partial charge in [0.15, 0.2) is 16.6 Å². The molecule has 2 aliphatic rings. The highest BCUT2D eigenvalue weighted by Crippen LogP contribution is 2.42. The molecule has 0 unspecified atom stereocenters. The van der Waals surface area contributed by atoms with Crippen LogP contribution in [0.5, 0.6) is 11.5 Å². The van der Waals surface area contributed by atoms with Crippen LogP contribution >= 0.6 is 12.2 Å².